The molecule has 1 rings (SSSR count). The molecular weight excluding hydrogens is 180 g/mol. The molecule has 0 aliphatic carbocycles. The molecule has 0 aromatic carbocycles. The van der Waals surface area contributed by atoms with E-state index >= 15 is 0 Å². The third kappa shape index (κ3) is 1.21. The molecule has 1 heterocycles. The summed E-state index contributed by atoms with van der Waals surface area (Å²) in [6, 6.07) is 0. The van der Waals surface area contributed by atoms with Crippen LogP contribution in [0.25, 0.3) is 0 Å². The van der Waals surface area contributed by atoms with Gasteiger partial charge < -0.3 is 5.21 Å². The van der Waals surface area contributed by atoms with E-state index in [1.807, 2.05) is 34.6 Å². The van der Waals surface area contributed by atoms with Gasteiger partial charge in [0.2, 0.25) is 0 Å². The van der Waals surface area contributed by atoms with Crippen LogP contribution in [0.2, 0.25) is 0 Å². The van der Waals surface area contributed by atoms with Gasteiger partial charge in [-0.15, -0.1) is 0 Å². The van der Waals surface area contributed by atoms with E-state index in [1.54, 1.807) is 0 Å². The van der Waals surface area contributed by atoms with Gasteiger partial charge in [0.25, 0.3) is 5.84 Å². The third-order valence-corrected chi connectivity index (χ3v) is 3.46. The summed E-state index contributed by atoms with van der Waals surface area (Å²) in [6.45, 7) is 9.22. The fraction of sp³-hybridized carbons (Fsp3) is 0.900. The van der Waals surface area contributed by atoms with Crippen molar-refractivity contribution in [3.8, 4) is 0 Å². The molecule has 1 aliphatic heterocycles. The Morgan fingerprint density at radius 2 is 1.86 bits per heavy atom. The summed E-state index contributed by atoms with van der Waals surface area (Å²) >= 11 is 0. The van der Waals surface area contributed by atoms with Crippen LogP contribution in [0.3, 0.4) is 0 Å². The molecule has 0 spiro atoms. The minimum atomic E-state index is -0.654. The van der Waals surface area contributed by atoms with Gasteiger partial charge in [-0.05, 0) is 34.1 Å². The van der Waals surface area contributed by atoms with Crippen molar-refractivity contribution in [3.05, 3.63) is 5.21 Å². The number of hydrogen-bond donors (Lipinski definition) is 0. The minimum absolute atomic E-state index is 0.363. The van der Waals surface area contributed by atoms with Crippen molar-refractivity contribution in [1.82, 2.24) is 5.06 Å². The highest BCUT2D eigenvalue weighted by Gasteiger charge is 2.58. The second kappa shape index (κ2) is 3.12. The first-order chi connectivity index (χ1) is 6.26. The molecule has 0 amide bonds. The van der Waals surface area contributed by atoms with Gasteiger partial charge in [0.1, 0.15) is 5.54 Å². The van der Waals surface area contributed by atoms with Crippen LogP contribution in [0.4, 0.5) is 0 Å². The summed E-state index contributed by atoms with van der Waals surface area (Å²) in [4.78, 5) is 0. The van der Waals surface area contributed by atoms with Gasteiger partial charge in [-0.3, -0.25) is 4.74 Å². The molecule has 1 aliphatic rings. The SMILES string of the molecule is CCCC1=[N+]([O-])C(C)(C)C(C)(C)N1[O]. The molecule has 0 unspecified atom stereocenters. The van der Waals surface area contributed by atoms with Gasteiger partial charge in [0.05, 0.1) is 6.42 Å². The number of nitrogens with zero attached hydrogens (tertiary/aromatic N) is 2. The summed E-state index contributed by atoms with van der Waals surface area (Å²) < 4.78 is 0.878. The molecule has 4 nitrogen and oxygen atoms in total. The molecule has 14 heavy (non-hydrogen) atoms. The molecule has 4 heteroatoms. The minimum Gasteiger partial charge on any atom is -0.715 e. The number of hydroxylamine groups is 3. The molecule has 0 saturated carbocycles. The zero-order valence-electron chi connectivity index (χ0n) is 9.63. The number of rotatable bonds is 2. The van der Waals surface area contributed by atoms with Crippen LogP contribution < -0.4 is 0 Å². The summed E-state index contributed by atoms with van der Waals surface area (Å²) in [5.74, 6) is 0.363. The molecule has 0 aromatic heterocycles. The van der Waals surface area contributed by atoms with E-state index in [-0.39, 0.29) is 0 Å². The molecule has 1 radical (unpaired) electrons. The summed E-state index contributed by atoms with van der Waals surface area (Å²) in [5, 5.41) is 24.6. The third-order valence-electron chi connectivity index (χ3n) is 3.46. The van der Waals surface area contributed by atoms with E-state index in [9.17, 15) is 10.4 Å². The maximum atomic E-state index is 11.9. The van der Waals surface area contributed by atoms with Crippen molar-refractivity contribution in [2.45, 2.75) is 58.5 Å². The molecule has 0 aromatic rings. The Morgan fingerprint density at radius 3 is 2.14 bits per heavy atom. The Balaban J connectivity index is 3.13. The van der Waals surface area contributed by atoms with Crippen molar-refractivity contribution in [2.75, 3.05) is 0 Å². The highest BCUT2D eigenvalue weighted by molar-refractivity contribution is 5.79. The first-order valence-corrected chi connectivity index (χ1v) is 5.07. The standard InChI is InChI=1S/C10H19N2O2/c1-6-7-8-11(13)9(2,3)10(4,5)12(8)14/h6-7H2,1-5H3. The van der Waals surface area contributed by atoms with Crippen molar-refractivity contribution in [2.24, 2.45) is 0 Å². The van der Waals surface area contributed by atoms with E-state index in [0.29, 0.717) is 12.3 Å². The van der Waals surface area contributed by atoms with E-state index < -0.39 is 11.1 Å². The van der Waals surface area contributed by atoms with Crippen LogP contribution in [0.1, 0.15) is 47.5 Å². The fourth-order valence-electron chi connectivity index (χ4n) is 1.65. The zero-order chi connectivity index (χ0) is 11.1. The van der Waals surface area contributed by atoms with Crippen LogP contribution in [-0.2, 0) is 5.21 Å². The van der Waals surface area contributed by atoms with Crippen LogP contribution in [0.15, 0.2) is 0 Å². The van der Waals surface area contributed by atoms with Gasteiger partial charge in [-0.25, -0.2) is 0 Å². The molecular formula is C10H19N2O2. The Labute approximate surface area is 85.4 Å². The molecule has 0 saturated heterocycles. The average Bonchev–Trinajstić information content (AvgIpc) is 2.19. The van der Waals surface area contributed by atoms with E-state index in [1.165, 1.54) is 0 Å². The van der Waals surface area contributed by atoms with E-state index in [2.05, 4.69) is 0 Å². The highest BCUT2D eigenvalue weighted by atomic mass is 16.5. The Kier molecular flexibility index (Phi) is 2.52. The second-order valence-electron chi connectivity index (χ2n) is 4.87. The predicted molar refractivity (Wildman–Crippen MR) is 54.2 cm³/mol. The molecule has 0 fully saturated rings. The Morgan fingerprint density at radius 1 is 1.36 bits per heavy atom. The van der Waals surface area contributed by atoms with Crippen LogP contribution in [0, 0.1) is 5.21 Å². The van der Waals surface area contributed by atoms with Crippen molar-refractivity contribution in [1.29, 1.82) is 0 Å². The molecule has 0 atom stereocenters. The first kappa shape index (κ1) is 11.3. The average molecular weight is 199 g/mol. The topological polar surface area (TPSA) is 49.2 Å². The lowest BCUT2D eigenvalue weighted by Crippen LogP contribution is -2.53. The Hall–Kier alpha value is -0.770. The summed E-state index contributed by atoms with van der Waals surface area (Å²) in [5.41, 5.74) is -1.31. The van der Waals surface area contributed by atoms with Gasteiger partial charge in [0.15, 0.2) is 5.54 Å². The van der Waals surface area contributed by atoms with Crippen LogP contribution >= 0.6 is 0 Å². The molecule has 81 valence electrons. The van der Waals surface area contributed by atoms with Gasteiger partial charge >= 0.3 is 0 Å². The quantitative estimate of drug-likeness (QED) is 0.504. The maximum Gasteiger partial charge on any atom is 0.284 e. The zero-order valence-corrected chi connectivity index (χ0v) is 9.63. The van der Waals surface area contributed by atoms with E-state index in [4.69, 9.17) is 0 Å². The first-order valence-electron chi connectivity index (χ1n) is 5.07. The lowest BCUT2D eigenvalue weighted by molar-refractivity contribution is -0.540. The Bertz CT molecular complexity index is 269. The largest absolute Gasteiger partial charge is 0.715 e. The van der Waals surface area contributed by atoms with Crippen LogP contribution in [-0.4, -0.2) is 26.7 Å². The van der Waals surface area contributed by atoms with Crippen molar-refractivity contribution >= 4 is 5.84 Å². The van der Waals surface area contributed by atoms with Crippen molar-refractivity contribution < 1.29 is 9.95 Å². The second-order valence-corrected chi connectivity index (χ2v) is 4.87. The lowest BCUT2D eigenvalue weighted by Gasteiger charge is -2.32. The molecule has 0 N–H and O–H groups in total. The van der Waals surface area contributed by atoms with Gasteiger partial charge in [0, 0.05) is 5.21 Å². The normalized spacial score (nSPS) is 24.6. The smallest absolute Gasteiger partial charge is 0.284 e. The lowest BCUT2D eigenvalue weighted by atomic mass is 9.84. The maximum absolute atomic E-state index is 11.9. The number of hydrogen-bond acceptors (Lipinski definition) is 2. The monoisotopic (exact) mass is 199 g/mol. The van der Waals surface area contributed by atoms with Gasteiger partial charge in [-0.1, -0.05) is 12.0 Å². The van der Waals surface area contributed by atoms with Gasteiger partial charge in [-0.2, -0.15) is 0 Å². The summed E-state index contributed by atoms with van der Waals surface area (Å²) in [6.07, 6.45) is 1.37. The molecule has 0 bridgehead atoms. The summed E-state index contributed by atoms with van der Waals surface area (Å²) in [7, 11) is 0. The highest BCUT2D eigenvalue weighted by Crippen LogP contribution is 2.36. The van der Waals surface area contributed by atoms with E-state index in [0.717, 1.165) is 16.2 Å². The van der Waals surface area contributed by atoms with Crippen LogP contribution in [0.5, 0.6) is 0 Å². The fourth-order valence-corrected chi connectivity index (χ4v) is 1.65. The van der Waals surface area contributed by atoms with Crippen molar-refractivity contribution in [3.63, 3.8) is 0 Å². The number of amidine groups is 1. The predicted octanol–water partition coefficient (Wildman–Crippen LogP) is 1.91.